The summed E-state index contributed by atoms with van der Waals surface area (Å²) in [5, 5.41) is 0.805. The van der Waals surface area contributed by atoms with Crippen LogP contribution in [0.25, 0.3) is 10.1 Å². The van der Waals surface area contributed by atoms with Crippen molar-refractivity contribution in [3.63, 3.8) is 0 Å². The van der Waals surface area contributed by atoms with Gasteiger partial charge in [0.15, 0.2) is 5.75 Å². The Kier molecular flexibility index (Phi) is 9.62. The maximum Gasteiger partial charge on any atom is 0.416 e. The molecule has 0 saturated heterocycles. The Balaban J connectivity index is 1.68. The zero-order valence-electron chi connectivity index (χ0n) is 20.9. The van der Waals surface area contributed by atoms with Gasteiger partial charge in [0.05, 0.1) is 18.3 Å². The number of carbonyl (C=O) groups is 1. The Labute approximate surface area is 213 Å². The highest BCUT2D eigenvalue weighted by molar-refractivity contribution is 7.19. The molecule has 0 radical (unpaired) electrons. The minimum atomic E-state index is -4.38. The SMILES string of the molecule is CCCOC(CCOc1ccc(OOC(=O)CCC)c(C)c1)c1sc2cc(C(F)(F)F)ccc2c1C. The van der Waals surface area contributed by atoms with Crippen molar-refractivity contribution >= 4 is 27.4 Å². The van der Waals surface area contributed by atoms with Crippen LogP contribution in [0, 0.1) is 13.8 Å². The number of alkyl halides is 3. The fourth-order valence-corrected chi connectivity index (χ4v) is 5.04. The number of aryl methyl sites for hydroxylation is 2. The molecule has 5 nitrogen and oxygen atoms in total. The Hall–Kier alpha value is -2.78. The van der Waals surface area contributed by atoms with Gasteiger partial charge >= 0.3 is 12.1 Å². The van der Waals surface area contributed by atoms with Gasteiger partial charge in [-0.2, -0.15) is 13.2 Å². The van der Waals surface area contributed by atoms with E-state index in [0.29, 0.717) is 42.3 Å². The van der Waals surface area contributed by atoms with Gasteiger partial charge in [-0.1, -0.05) is 19.9 Å². The van der Waals surface area contributed by atoms with Crippen molar-refractivity contribution in [2.24, 2.45) is 0 Å². The second-order valence-electron chi connectivity index (χ2n) is 8.51. The number of benzene rings is 2. The largest absolute Gasteiger partial charge is 0.493 e. The molecule has 0 saturated carbocycles. The van der Waals surface area contributed by atoms with Gasteiger partial charge < -0.3 is 9.47 Å². The van der Waals surface area contributed by atoms with Gasteiger partial charge in [0, 0.05) is 34.6 Å². The number of rotatable bonds is 12. The molecule has 1 unspecified atom stereocenters. The lowest BCUT2D eigenvalue weighted by molar-refractivity contribution is -0.214. The minimum Gasteiger partial charge on any atom is -0.493 e. The molecule has 2 aromatic carbocycles. The fraction of sp³-hybridized carbons (Fsp3) is 0.444. The molecule has 0 spiro atoms. The Morgan fingerprint density at radius 1 is 1.03 bits per heavy atom. The summed E-state index contributed by atoms with van der Waals surface area (Å²) in [6.45, 7) is 8.50. The first-order valence-electron chi connectivity index (χ1n) is 12.0. The van der Waals surface area contributed by atoms with Crippen molar-refractivity contribution in [1.82, 2.24) is 0 Å². The number of halogens is 3. The zero-order valence-corrected chi connectivity index (χ0v) is 21.7. The summed E-state index contributed by atoms with van der Waals surface area (Å²) in [4.78, 5) is 22.3. The summed E-state index contributed by atoms with van der Waals surface area (Å²) in [7, 11) is 0. The minimum absolute atomic E-state index is 0.282. The van der Waals surface area contributed by atoms with Gasteiger partial charge in [-0.05, 0) is 68.0 Å². The van der Waals surface area contributed by atoms with E-state index in [-0.39, 0.29) is 12.5 Å². The van der Waals surface area contributed by atoms with Crippen molar-refractivity contribution in [3.05, 3.63) is 58.0 Å². The molecule has 0 aliphatic rings. The van der Waals surface area contributed by atoms with Crippen LogP contribution in [0.15, 0.2) is 36.4 Å². The standard InChI is InChI=1S/C27H31F3O5S/c1-5-7-25(31)35-34-22-11-9-20(15-17(22)3)32-14-12-23(33-13-6-2)26-18(4)21-10-8-19(27(28,29)30)16-24(21)36-26/h8-11,15-16,23H,5-7,12-14H2,1-4H3. The van der Waals surface area contributed by atoms with E-state index in [2.05, 4.69) is 0 Å². The molecule has 9 heteroatoms. The number of hydrogen-bond acceptors (Lipinski definition) is 6. The van der Waals surface area contributed by atoms with E-state index in [9.17, 15) is 18.0 Å². The van der Waals surface area contributed by atoms with Crippen LogP contribution in [0.3, 0.4) is 0 Å². The molecule has 0 amide bonds. The van der Waals surface area contributed by atoms with Crippen LogP contribution in [0.2, 0.25) is 0 Å². The Bertz CT molecular complexity index is 1170. The Morgan fingerprint density at radius 3 is 2.47 bits per heavy atom. The average molecular weight is 525 g/mol. The average Bonchev–Trinajstić information content (AvgIpc) is 3.16. The number of hydrogen-bond donors (Lipinski definition) is 0. The fourth-order valence-electron chi connectivity index (χ4n) is 3.70. The van der Waals surface area contributed by atoms with Crippen LogP contribution in [0.4, 0.5) is 13.2 Å². The van der Waals surface area contributed by atoms with E-state index in [1.165, 1.54) is 23.5 Å². The summed E-state index contributed by atoms with van der Waals surface area (Å²) in [5.41, 5.74) is 1.02. The van der Waals surface area contributed by atoms with Crippen LogP contribution >= 0.6 is 11.3 Å². The quantitative estimate of drug-likeness (QED) is 0.177. The third-order valence-electron chi connectivity index (χ3n) is 5.59. The van der Waals surface area contributed by atoms with Gasteiger partial charge in [0.25, 0.3) is 0 Å². The van der Waals surface area contributed by atoms with Crippen LogP contribution in [0.1, 0.15) is 67.2 Å². The van der Waals surface area contributed by atoms with Crippen LogP contribution in [0.5, 0.6) is 11.5 Å². The third kappa shape index (κ3) is 7.13. The first kappa shape index (κ1) is 27.8. The summed E-state index contributed by atoms with van der Waals surface area (Å²) < 4.78 is 52.1. The van der Waals surface area contributed by atoms with Gasteiger partial charge in [-0.25, -0.2) is 4.79 Å². The number of ether oxygens (including phenoxy) is 2. The molecule has 0 aliphatic heterocycles. The molecular weight excluding hydrogens is 493 g/mol. The third-order valence-corrected chi connectivity index (χ3v) is 6.94. The van der Waals surface area contributed by atoms with Gasteiger partial charge in [0.2, 0.25) is 0 Å². The highest BCUT2D eigenvalue weighted by atomic mass is 32.1. The van der Waals surface area contributed by atoms with Crippen molar-refractivity contribution < 1.29 is 37.2 Å². The zero-order chi connectivity index (χ0) is 26.3. The molecule has 36 heavy (non-hydrogen) atoms. The molecular formula is C27H31F3O5S. The molecule has 3 aromatic rings. The molecule has 1 heterocycles. The second-order valence-corrected chi connectivity index (χ2v) is 9.60. The van der Waals surface area contributed by atoms with Crippen molar-refractivity contribution in [1.29, 1.82) is 0 Å². The molecule has 1 aromatic heterocycles. The van der Waals surface area contributed by atoms with E-state index >= 15 is 0 Å². The molecule has 0 aliphatic carbocycles. The highest BCUT2D eigenvalue weighted by Gasteiger charge is 2.31. The molecule has 3 rings (SSSR count). The maximum atomic E-state index is 13.2. The van der Waals surface area contributed by atoms with E-state index in [0.717, 1.165) is 33.9 Å². The molecule has 0 bridgehead atoms. The smallest absolute Gasteiger partial charge is 0.416 e. The molecule has 0 N–H and O–H groups in total. The lowest BCUT2D eigenvalue weighted by Crippen LogP contribution is -2.10. The first-order chi connectivity index (χ1) is 17.1. The number of carbonyl (C=O) groups excluding carboxylic acids is 1. The molecule has 1 atom stereocenters. The predicted octanol–water partition coefficient (Wildman–Crippen LogP) is 8.11. The normalized spacial score (nSPS) is 12.5. The number of thiophene rings is 1. The Morgan fingerprint density at radius 2 is 1.81 bits per heavy atom. The van der Waals surface area contributed by atoms with Crippen LogP contribution < -0.4 is 9.62 Å². The lowest BCUT2D eigenvalue weighted by atomic mass is 10.1. The van der Waals surface area contributed by atoms with Gasteiger partial charge in [0.1, 0.15) is 5.75 Å². The summed E-state index contributed by atoms with van der Waals surface area (Å²) in [6.07, 6.45) is -2.36. The van der Waals surface area contributed by atoms with Crippen molar-refractivity contribution in [3.8, 4) is 11.5 Å². The summed E-state index contributed by atoms with van der Waals surface area (Å²) in [6, 6.07) is 9.04. The molecule has 196 valence electrons. The van der Waals surface area contributed by atoms with E-state index in [1.807, 2.05) is 27.7 Å². The van der Waals surface area contributed by atoms with Crippen molar-refractivity contribution in [2.45, 2.75) is 65.7 Å². The van der Waals surface area contributed by atoms with E-state index in [1.54, 1.807) is 18.2 Å². The van der Waals surface area contributed by atoms with E-state index in [4.69, 9.17) is 19.2 Å². The van der Waals surface area contributed by atoms with Crippen LogP contribution in [-0.4, -0.2) is 19.2 Å². The van der Waals surface area contributed by atoms with Gasteiger partial charge in [-0.3, -0.25) is 9.78 Å². The monoisotopic (exact) mass is 524 g/mol. The number of fused-ring (bicyclic) bond motifs is 1. The first-order valence-corrected chi connectivity index (χ1v) is 12.8. The summed E-state index contributed by atoms with van der Waals surface area (Å²) >= 11 is 1.34. The van der Waals surface area contributed by atoms with Gasteiger partial charge in [-0.15, -0.1) is 11.3 Å². The summed E-state index contributed by atoms with van der Waals surface area (Å²) in [5.74, 6) is 0.619. The topological polar surface area (TPSA) is 54.0 Å². The maximum absolute atomic E-state index is 13.2. The van der Waals surface area contributed by atoms with Crippen molar-refractivity contribution in [2.75, 3.05) is 13.2 Å². The predicted molar refractivity (Wildman–Crippen MR) is 133 cm³/mol. The molecule has 0 fully saturated rings. The second kappa shape index (κ2) is 12.5. The lowest BCUT2D eigenvalue weighted by Gasteiger charge is -2.18. The highest BCUT2D eigenvalue weighted by Crippen LogP contribution is 2.40. The van der Waals surface area contributed by atoms with E-state index < -0.39 is 17.7 Å². The van der Waals surface area contributed by atoms with Crippen LogP contribution in [-0.2, 0) is 20.6 Å².